The number of carbonyl (C=O) groups is 1. The second-order valence-electron chi connectivity index (χ2n) is 5.92. The predicted octanol–water partition coefficient (Wildman–Crippen LogP) is 3.70. The van der Waals surface area contributed by atoms with Gasteiger partial charge in [0.25, 0.3) is 0 Å². The van der Waals surface area contributed by atoms with Crippen LogP contribution in [0.1, 0.15) is 58.8 Å². The maximum absolute atomic E-state index is 11.6. The highest BCUT2D eigenvalue weighted by Gasteiger charge is 2.53. The van der Waals surface area contributed by atoms with E-state index in [1.54, 1.807) is 0 Å². The van der Waals surface area contributed by atoms with E-state index < -0.39 is 5.97 Å². The van der Waals surface area contributed by atoms with Gasteiger partial charge < -0.3 is 5.11 Å². The molecule has 2 nitrogen and oxygen atoms in total. The summed E-state index contributed by atoms with van der Waals surface area (Å²) in [5.41, 5.74) is 0.151. The molecule has 0 heterocycles. The minimum Gasteiger partial charge on any atom is -0.481 e. The smallest absolute Gasteiger partial charge is 0.307 e. The Balaban J connectivity index is 2.31. The molecule has 1 spiro atoms. The summed E-state index contributed by atoms with van der Waals surface area (Å²) in [7, 11) is 0. The van der Waals surface area contributed by atoms with Crippen LogP contribution in [-0.2, 0) is 4.79 Å². The van der Waals surface area contributed by atoms with E-state index in [0.29, 0.717) is 11.8 Å². The molecule has 0 aromatic carbocycles. The summed E-state index contributed by atoms with van der Waals surface area (Å²) in [6.07, 6.45) is 8.33. The highest BCUT2D eigenvalue weighted by molar-refractivity contribution is 5.71. The largest absolute Gasteiger partial charge is 0.481 e. The van der Waals surface area contributed by atoms with E-state index in [2.05, 4.69) is 13.8 Å². The maximum atomic E-state index is 11.6. The van der Waals surface area contributed by atoms with Crippen LogP contribution in [0, 0.1) is 23.2 Å². The van der Waals surface area contributed by atoms with Crippen molar-refractivity contribution in [3.63, 3.8) is 0 Å². The lowest BCUT2D eigenvalue weighted by atomic mass is 9.57. The molecule has 16 heavy (non-hydrogen) atoms. The van der Waals surface area contributed by atoms with Crippen molar-refractivity contribution >= 4 is 5.97 Å². The first kappa shape index (κ1) is 11.9. The van der Waals surface area contributed by atoms with Crippen molar-refractivity contribution in [3.8, 4) is 0 Å². The zero-order valence-corrected chi connectivity index (χ0v) is 10.5. The molecule has 2 rings (SSSR count). The number of aliphatic carboxylic acids is 1. The van der Waals surface area contributed by atoms with Gasteiger partial charge in [-0.2, -0.15) is 0 Å². The average Bonchev–Trinajstić information content (AvgIpc) is 2.60. The van der Waals surface area contributed by atoms with Crippen LogP contribution in [0.15, 0.2) is 0 Å². The molecule has 2 fully saturated rings. The molecular weight excluding hydrogens is 200 g/mol. The van der Waals surface area contributed by atoms with Crippen LogP contribution in [0.3, 0.4) is 0 Å². The molecule has 4 unspecified atom stereocenters. The third kappa shape index (κ3) is 1.66. The molecule has 0 amide bonds. The van der Waals surface area contributed by atoms with Gasteiger partial charge >= 0.3 is 5.97 Å². The van der Waals surface area contributed by atoms with E-state index in [-0.39, 0.29) is 11.3 Å². The molecule has 2 heteroatoms. The summed E-state index contributed by atoms with van der Waals surface area (Å²) in [6.45, 7) is 4.38. The number of carboxylic acids is 1. The first-order valence-corrected chi connectivity index (χ1v) is 6.84. The number of hydrogen-bond acceptors (Lipinski definition) is 1. The Morgan fingerprint density at radius 1 is 1.31 bits per heavy atom. The van der Waals surface area contributed by atoms with Crippen molar-refractivity contribution in [2.75, 3.05) is 0 Å². The second kappa shape index (κ2) is 4.38. The normalized spacial score (nSPS) is 43.8. The lowest BCUT2D eigenvalue weighted by molar-refractivity contribution is -0.154. The van der Waals surface area contributed by atoms with Crippen molar-refractivity contribution in [3.05, 3.63) is 0 Å². The Bertz CT molecular complexity index is 274. The third-order valence-electron chi connectivity index (χ3n) is 5.26. The summed E-state index contributed by atoms with van der Waals surface area (Å²) < 4.78 is 0. The Morgan fingerprint density at radius 2 is 1.94 bits per heavy atom. The summed E-state index contributed by atoms with van der Waals surface area (Å²) in [5.74, 6) is 0.427. The molecule has 2 saturated carbocycles. The van der Waals surface area contributed by atoms with Gasteiger partial charge in [0.05, 0.1) is 5.92 Å². The van der Waals surface area contributed by atoms with Crippen molar-refractivity contribution in [1.82, 2.24) is 0 Å². The topological polar surface area (TPSA) is 37.3 Å². The van der Waals surface area contributed by atoms with Crippen molar-refractivity contribution in [1.29, 1.82) is 0 Å². The van der Waals surface area contributed by atoms with Gasteiger partial charge in [-0.05, 0) is 42.9 Å². The molecule has 0 aromatic rings. The fourth-order valence-electron chi connectivity index (χ4n) is 4.65. The molecular formula is C14H24O2. The van der Waals surface area contributed by atoms with Gasteiger partial charge in [-0.3, -0.25) is 4.79 Å². The molecule has 0 radical (unpaired) electrons. The first-order valence-electron chi connectivity index (χ1n) is 6.84. The summed E-state index contributed by atoms with van der Waals surface area (Å²) in [5, 5.41) is 9.55. The van der Waals surface area contributed by atoms with E-state index >= 15 is 0 Å². The van der Waals surface area contributed by atoms with Crippen LogP contribution in [0.4, 0.5) is 0 Å². The van der Waals surface area contributed by atoms with Crippen LogP contribution in [0.25, 0.3) is 0 Å². The van der Waals surface area contributed by atoms with Gasteiger partial charge in [0.15, 0.2) is 0 Å². The number of carboxylic acid groups (broad SMARTS) is 1. The average molecular weight is 224 g/mol. The zero-order chi connectivity index (χ0) is 11.8. The fourth-order valence-corrected chi connectivity index (χ4v) is 4.65. The van der Waals surface area contributed by atoms with Crippen LogP contribution in [-0.4, -0.2) is 11.1 Å². The van der Waals surface area contributed by atoms with Gasteiger partial charge in [0, 0.05) is 0 Å². The molecule has 1 N–H and O–H groups in total. The second-order valence-corrected chi connectivity index (χ2v) is 5.92. The van der Waals surface area contributed by atoms with E-state index in [1.807, 2.05) is 0 Å². The Hall–Kier alpha value is -0.530. The summed E-state index contributed by atoms with van der Waals surface area (Å²) in [4.78, 5) is 11.6. The predicted molar refractivity (Wildman–Crippen MR) is 64.2 cm³/mol. The van der Waals surface area contributed by atoms with Crippen molar-refractivity contribution in [2.24, 2.45) is 23.2 Å². The molecule has 0 saturated heterocycles. The lowest BCUT2D eigenvalue weighted by Gasteiger charge is -2.46. The highest BCUT2D eigenvalue weighted by Crippen LogP contribution is 2.58. The maximum Gasteiger partial charge on any atom is 0.307 e. The minimum atomic E-state index is -0.535. The van der Waals surface area contributed by atoms with Gasteiger partial charge in [-0.25, -0.2) is 0 Å². The van der Waals surface area contributed by atoms with Gasteiger partial charge in [0.2, 0.25) is 0 Å². The van der Waals surface area contributed by atoms with E-state index in [0.717, 1.165) is 25.7 Å². The van der Waals surface area contributed by atoms with Crippen LogP contribution in [0.5, 0.6) is 0 Å². The first-order chi connectivity index (χ1) is 7.62. The monoisotopic (exact) mass is 224 g/mol. The lowest BCUT2D eigenvalue weighted by Crippen LogP contribution is -2.45. The molecule has 0 aliphatic heterocycles. The molecule has 0 bridgehead atoms. The Morgan fingerprint density at radius 3 is 2.50 bits per heavy atom. The van der Waals surface area contributed by atoms with Gasteiger partial charge in [-0.1, -0.05) is 33.1 Å². The van der Waals surface area contributed by atoms with Gasteiger partial charge in [-0.15, -0.1) is 0 Å². The number of hydrogen-bond donors (Lipinski definition) is 1. The molecule has 4 atom stereocenters. The minimum absolute atomic E-state index is 0.0753. The summed E-state index contributed by atoms with van der Waals surface area (Å²) in [6, 6.07) is 0. The van der Waals surface area contributed by atoms with Crippen molar-refractivity contribution in [2.45, 2.75) is 58.8 Å². The van der Waals surface area contributed by atoms with E-state index in [9.17, 15) is 9.90 Å². The Labute approximate surface area is 98.4 Å². The SMILES string of the molecule is CCC1CCCC12CCCC(C)C2C(=O)O. The quantitative estimate of drug-likeness (QED) is 0.776. The van der Waals surface area contributed by atoms with Crippen LogP contribution in [0.2, 0.25) is 0 Å². The summed E-state index contributed by atoms with van der Waals surface area (Å²) >= 11 is 0. The molecule has 2 aliphatic rings. The molecule has 2 aliphatic carbocycles. The van der Waals surface area contributed by atoms with Crippen LogP contribution < -0.4 is 0 Å². The van der Waals surface area contributed by atoms with Crippen LogP contribution >= 0.6 is 0 Å². The Kier molecular flexibility index (Phi) is 3.27. The van der Waals surface area contributed by atoms with E-state index in [1.165, 1.54) is 19.3 Å². The molecule has 92 valence electrons. The standard InChI is InChI=1S/C14H24O2/c1-3-11-7-5-9-14(11)8-4-6-10(2)12(14)13(15)16/h10-12H,3-9H2,1-2H3,(H,15,16). The van der Waals surface area contributed by atoms with Gasteiger partial charge in [0.1, 0.15) is 0 Å². The molecule has 0 aromatic heterocycles. The fraction of sp³-hybridized carbons (Fsp3) is 0.929. The third-order valence-corrected chi connectivity index (χ3v) is 5.26. The van der Waals surface area contributed by atoms with E-state index in [4.69, 9.17) is 0 Å². The zero-order valence-electron chi connectivity index (χ0n) is 10.5. The van der Waals surface area contributed by atoms with Crippen molar-refractivity contribution < 1.29 is 9.90 Å². The number of rotatable bonds is 2. The highest BCUT2D eigenvalue weighted by atomic mass is 16.4.